The number of benzene rings is 3. The summed E-state index contributed by atoms with van der Waals surface area (Å²) in [5.74, 6) is -0.674. The maximum absolute atomic E-state index is 13.7. The van der Waals surface area contributed by atoms with Gasteiger partial charge in [0.15, 0.2) is 0 Å². The highest BCUT2D eigenvalue weighted by atomic mass is 35.5. The van der Waals surface area contributed by atoms with Crippen molar-refractivity contribution in [3.8, 4) is 0 Å². The van der Waals surface area contributed by atoms with Crippen LogP contribution in [0.2, 0.25) is 5.02 Å². The Hall–Kier alpha value is -4.43. The molecule has 3 N–H and O–H groups in total. The number of amides is 2. The third-order valence-corrected chi connectivity index (χ3v) is 6.68. The summed E-state index contributed by atoms with van der Waals surface area (Å²) < 4.78 is 14.9. The maximum atomic E-state index is 13.7. The Morgan fingerprint density at radius 2 is 1.66 bits per heavy atom. The lowest BCUT2D eigenvalue weighted by Crippen LogP contribution is -2.32. The van der Waals surface area contributed by atoms with Crippen LogP contribution in [0.1, 0.15) is 40.0 Å². The number of fused-ring (bicyclic) bond motifs is 1. The van der Waals surface area contributed by atoms with Crippen molar-refractivity contribution in [1.29, 1.82) is 0 Å². The largest absolute Gasteiger partial charge is 0.343 e. The van der Waals surface area contributed by atoms with Crippen LogP contribution in [0.3, 0.4) is 0 Å². The molecule has 38 heavy (non-hydrogen) atoms. The van der Waals surface area contributed by atoms with Gasteiger partial charge in [0.1, 0.15) is 23.2 Å². The molecule has 1 atom stereocenters. The van der Waals surface area contributed by atoms with Crippen molar-refractivity contribution in [2.24, 2.45) is 0 Å². The number of nitrogens with one attached hydrogen (secondary N) is 3. The molecule has 0 unspecified atom stereocenters. The Morgan fingerprint density at radius 1 is 0.947 bits per heavy atom. The van der Waals surface area contributed by atoms with Gasteiger partial charge in [-0.2, -0.15) is 5.10 Å². The van der Waals surface area contributed by atoms with Crippen molar-refractivity contribution >= 4 is 40.6 Å². The third kappa shape index (κ3) is 4.90. The summed E-state index contributed by atoms with van der Waals surface area (Å²) in [5.41, 5.74) is 5.29. The number of rotatable bonds is 5. The highest BCUT2D eigenvalue weighted by Gasteiger charge is 2.35. The zero-order chi connectivity index (χ0) is 27.0. The number of aryl methyl sites for hydroxylation is 2. The topological polar surface area (TPSA) is 88.0 Å². The highest BCUT2D eigenvalue weighted by Crippen LogP contribution is 2.38. The molecule has 4 aromatic rings. The first-order valence-corrected chi connectivity index (χ1v) is 12.4. The predicted molar refractivity (Wildman–Crippen MR) is 147 cm³/mol. The molecule has 0 fully saturated rings. The van der Waals surface area contributed by atoms with E-state index >= 15 is 0 Å². The summed E-state index contributed by atoms with van der Waals surface area (Å²) in [6, 6.07) is 17.9. The zero-order valence-electron chi connectivity index (χ0n) is 21.0. The number of carbonyl (C=O) groups excluding carboxylic acids is 2. The van der Waals surface area contributed by atoms with Gasteiger partial charge in [0.05, 0.1) is 11.8 Å². The molecule has 192 valence electrons. The summed E-state index contributed by atoms with van der Waals surface area (Å²) in [7, 11) is 0. The second-order valence-electron chi connectivity index (χ2n) is 9.20. The van der Waals surface area contributed by atoms with E-state index in [0.717, 1.165) is 16.7 Å². The van der Waals surface area contributed by atoms with E-state index in [1.165, 1.54) is 30.5 Å². The lowest BCUT2D eigenvalue weighted by Gasteiger charge is -2.30. The molecular formula is C29H25ClFN5O2. The first kappa shape index (κ1) is 25.2. The Balaban J connectivity index is 1.53. The summed E-state index contributed by atoms with van der Waals surface area (Å²) in [6.07, 6.45) is 1.45. The summed E-state index contributed by atoms with van der Waals surface area (Å²) in [5, 5.41) is 14.1. The van der Waals surface area contributed by atoms with Crippen molar-refractivity contribution in [2.45, 2.75) is 26.8 Å². The molecule has 3 aromatic carbocycles. The van der Waals surface area contributed by atoms with Crippen LogP contribution >= 0.6 is 11.6 Å². The fourth-order valence-electron chi connectivity index (χ4n) is 4.54. The number of halogens is 2. The lowest BCUT2D eigenvalue weighted by molar-refractivity contribution is -0.113. The van der Waals surface area contributed by atoms with Gasteiger partial charge in [-0.15, -0.1) is 0 Å². The van der Waals surface area contributed by atoms with Crippen molar-refractivity contribution < 1.29 is 14.0 Å². The molecule has 2 amide bonds. The zero-order valence-corrected chi connectivity index (χ0v) is 21.7. The predicted octanol–water partition coefficient (Wildman–Crippen LogP) is 6.47. The minimum Gasteiger partial charge on any atom is -0.343 e. The Morgan fingerprint density at radius 3 is 2.34 bits per heavy atom. The van der Waals surface area contributed by atoms with Gasteiger partial charge in [-0.05, 0) is 74.4 Å². The molecule has 5 rings (SSSR count). The van der Waals surface area contributed by atoms with Gasteiger partial charge in [-0.3, -0.25) is 9.59 Å². The van der Waals surface area contributed by atoms with E-state index < -0.39 is 17.8 Å². The second-order valence-corrected chi connectivity index (χ2v) is 9.64. The van der Waals surface area contributed by atoms with Crippen LogP contribution in [0.15, 0.2) is 84.2 Å². The van der Waals surface area contributed by atoms with Gasteiger partial charge in [0.25, 0.3) is 11.8 Å². The van der Waals surface area contributed by atoms with Gasteiger partial charge in [-0.25, -0.2) is 9.07 Å². The van der Waals surface area contributed by atoms with Crippen LogP contribution < -0.4 is 16.0 Å². The summed E-state index contributed by atoms with van der Waals surface area (Å²) in [4.78, 5) is 26.8. The molecule has 7 nitrogen and oxygen atoms in total. The van der Waals surface area contributed by atoms with Crippen LogP contribution in [0.25, 0.3) is 0 Å². The number of aromatic nitrogens is 2. The molecule has 0 saturated heterocycles. The van der Waals surface area contributed by atoms with Crippen LogP contribution in [0, 0.1) is 19.7 Å². The standard InChI is InChI=1S/C29H25ClFN5O2/c1-16-4-13-24(17(2)14-16)35-29(38)25-18(3)33-27-23(28(37)34-22-11-9-21(31)10-12-22)15-32-36(27)26(25)19-5-7-20(30)8-6-19/h4-15,26,33H,1-3H3,(H,34,37)(H,35,38)/t26-/m0/s1. The number of anilines is 3. The first-order chi connectivity index (χ1) is 18.2. The Kier molecular flexibility index (Phi) is 6.73. The number of allylic oxidation sites excluding steroid dienone is 1. The van der Waals surface area contributed by atoms with E-state index in [4.69, 9.17) is 11.6 Å². The van der Waals surface area contributed by atoms with Crippen molar-refractivity contribution in [1.82, 2.24) is 9.78 Å². The smallest absolute Gasteiger partial charge is 0.261 e. The molecule has 0 saturated carbocycles. The average molecular weight is 530 g/mol. The fraction of sp³-hybridized carbons (Fsp3) is 0.138. The first-order valence-electron chi connectivity index (χ1n) is 12.0. The van der Waals surface area contributed by atoms with Crippen LogP contribution in [0.5, 0.6) is 0 Å². The van der Waals surface area contributed by atoms with E-state index in [2.05, 4.69) is 21.0 Å². The molecule has 9 heteroatoms. The molecule has 1 aliphatic heterocycles. The molecule has 0 bridgehead atoms. The molecule has 2 heterocycles. The number of hydrogen-bond donors (Lipinski definition) is 3. The molecule has 0 radical (unpaired) electrons. The van der Waals surface area contributed by atoms with Crippen LogP contribution in [-0.4, -0.2) is 21.6 Å². The van der Waals surface area contributed by atoms with Crippen LogP contribution in [-0.2, 0) is 4.79 Å². The minimum absolute atomic E-state index is 0.279. The van der Waals surface area contributed by atoms with Gasteiger partial charge >= 0.3 is 0 Å². The van der Waals surface area contributed by atoms with E-state index in [0.29, 0.717) is 33.5 Å². The SMILES string of the molecule is CC1=C(C(=O)Nc2ccc(C)cc2C)[C@H](c2ccc(Cl)cc2)n2ncc(C(=O)Nc3ccc(F)cc3)c2N1. The maximum Gasteiger partial charge on any atom is 0.261 e. The average Bonchev–Trinajstić information content (AvgIpc) is 3.30. The van der Waals surface area contributed by atoms with Gasteiger partial charge < -0.3 is 16.0 Å². The van der Waals surface area contributed by atoms with Gasteiger partial charge in [0, 0.05) is 22.1 Å². The van der Waals surface area contributed by atoms with E-state index in [-0.39, 0.29) is 11.5 Å². The fourth-order valence-corrected chi connectivity index (χ4v) is 4.67. The van der Waals surface area contributed by atoms with Gasteiger partial charge in [-0.1, -0.05) is 41.4 Å². The second kappa shape index (κ2) is 10.1. The number of carbonyl (C=O) groups is 2. The Labute approximate surface area is 224 Å². The third-order valence-electron chi connectivity index (χ3n) is 6.43. The van der Waals surface area contributed by atoms with Crippen molar-refractivity contribution in [2.75, 3.05) is 16.0 Å². The van der Waals surface area contributed by atoms with Crippen LogP contribution in [0.4, 0.5) is 21.6 Å². The van der Waals surface area contributed by atoms with Crippen molar-refractivity contribution in [3.05, 3.63) is 117 Å². The van der Waals surface area contributed by atoms with Gasteiger partial charge in [0.2, 0.25) is 0 Å². The summed E-state index contributed by atoms with van der Waals surface area (Å²) >= 11 is 6.15. The molecular weight excluding hydrogens is 505 g/mol. The minimum atomic E-state index is -0.623. The quantitative estimate of drug-likeness (QED) is 0.276. The number of hydrogen-bond acceptors (Lipinski definition) is 4. The van der Waals surface area contributed by atoms with Crippen molar-refractivity contribution in [3.63, 3.8) is 0 Å². The van der Waals surface area contributed by atoms with E-state index in [1.807, 2.05) is 44.2 Å². The van der Waals surface area contributed by atoms with E-state index in [1.54, 1.807) is 23.7 Å². The van der Waals surface area contributed by atoms with E-state index in [9.17, 15) is 14.0 Å². The summed E-state index contributed by atoms with van der Waals surface area (Å²) in [6.45, 7) is 5.73. The molecule has 0 spiro atoms. The Bertz CT molecular complexity index is 1580. The lowest BCUT2D eigenvalue weighted by atomic mass is 9.94. The highest BCUT2D eigenvalue weighted by molar-refractivity contribution is 6.30. The molecule has 1 aliphatic rings. The molecule has 1 aromatic heterocycles. The monoisotopic (exact) mass is 529 g/mol. The molecule has 0 aliphatic carbocycles. The number of nitrogens with zero attached hydrogens (tertiary/aromatic N) is 2. The normalized spacial score (nSPS) is 14.5.